The Bertz CT molecular complexity index is 566. The van der Waals surface area contributed by atoms with E-state index < -0.39 is 23.5 Å². The molecule has 3 rings (SSSR count). The molecule has 0 radical (unpaired) electrons. The van der Waals surface area contributed by atoms with E-state index in [1.807, 2.05) is 4.90 Å². The van der Waals surface area contributed by atoms with Crippen LogP contribution in [0.2, 0.25) is 0 Å². The molecule has 0 aliphatic carbocycles. The van der Waals surface area contributed by atoms with Crippen molar-refractivity contribution in [2.24, 2.45) is 5.92 Å². The van der Waals surface area contributed by atoms with Gasteiger partial charge in [0.1, 0.15) is 11.6 Å². The molecule has 108 valence electrons. The fourth-order valence-corrected chi connectivity index (χ4v) is 3.88. The van der Waals surface area contributed by atoms with Crippen molar-refractivity contribution in [3.8, 4) is 0 Å². The van der Waals surface area contributed by atoms with Gasteiger partial charge in [0.05, 0.1) is 10.4 Å². The molecule has 0 aromatic heterocycles. The minimum Gasteiger partial charge on any atom is -0.481 e. The fraction of sp³-hybridized carbons (Fsp3) is 0.500. The summed E-state index contributed by atoms with van der Waals surface area (Å²) in [4.78, 5) is 13.1. The van der Waals surface area contributed by atoms with Gasteiger partial charge in [0.15, 0.2) is 0 Å². The Morgan fingerprint density at radius 3 is 2.80 bits per heavy atom. The number of benzene rings is 1. The van der Waals surface area contributed by atoms with Crippen LogP contribution in [0.25, 0.3) is 0 Å². The highest BCUT2D eigenvalue weighted by molar-refractivity contribution is 9.10. The molecule has 1 aromatic rings. The van der Waals surface area contributed by atoms with Crippen molar-refractivity contribution in [2.45, 2.75) is 37.9 Å². The highest BCUT2D eigenvalue weighted by Gasteiger charge is 2.49. The summed E-state index contributed by atoms with van der Waals surface area (Å²) in [5.41, 5.74) is 0.0160. The zero-order valence-electron chi connectivity index (χ0n) is 10.7. The van der Waals surface area contributed by atoms with E-state index >= 15 is 0 Å². The van der Waals surface area contributed by atoms with Crippen molar-refractivity contribution in [3.05, 3.63) is 33.8 Å². The van der Waals surface area contributed by atoms with Crippen LogP contribution in [0.1, 0.15) is 24.8 Å². The first-order valence-electron chi connectivity index (χ1n) is 6.60. The molecule has 0 saturated carbocycles. The van der Waals surface area contributed by atoms with Crippen LogP contribution < -0.4 is 0 Å². The summed E-state index contributed by atoms with van der Waals surface area (Å²) in [6.07, 6.45) is 2.28. The van der Waals surface area contributed by atoms with E-state index in [1.165, 1.54) is 12.1 Å². The molecule has 2 aliphatic rings. The van der Waals surface area contributed by atoms with Gasteiger partial charge in [-0.25, -0.2) is 8.78 Å². The number of hydrogen-bond acceptors (Lipinski definition) is 2. The van der Waals surface area contributed by atoms with Gasteiger partial charge in [-0.1, -0.05) is 0 Å². The largest absolute Gasteiger partial charge is 0.481 e. The molecule has 3 atom stereocenters. The maximum Gasteiger partial charge on any atom is 0.308 e. The lowest BCUT2D eigenvalue weighted by atomic mass is 9.89. The van der Waals surface area contributed by atoms with Crippen LogP contribution in [0.4, 0.5) is 8.78 Å². The Balaban J connectivity index is 1.86. The number of nitrogens with zero attached hydrogens (tertiary/aromatic N) is 1. The van der Waals surface area contributed by atoms with Gasteiger partial charge < -0.3 is 5.11 Å². The van der Waals surface area contributed by atoms with E-state index in [2.05, 4.69) is 15.9 Å². The van der Waals surface area contributed by atoms with Crippen molar-refractivity contribution < 1.29 is 18.7 Å². The van der Waals surface area contributed by atoms with Crippen LogP contribution in [0, 0.1) is 17.6 Å². The molecule has 3 nitrogen and oxygen atoms in total. The molecule has 6 heteroatoms. The summed E-state index contributed by atoms with van der Waals surface area (Å²) >= 11 is 3.06. The van der Waals surface area contributed by atoms with Gasteiger partial charge in [-0.05, 0) is 47.3 Å². The summed E-state index contributed by atoms with van der Waals surface area (Å²) in [5.74, 6) is -2.39. The van der Waals surface area contributed by atoms with Gasteiger partial charge in [0.2, 0.25) is 0 Å². The second-order valence-corrected chi connectivity index (χ2v) is 6.33. The SMILES string of the molecule is O=C(O)C1CC2CCC1N2Cc1c(F)ccc(Br)c1F. The predicted octanol–water partition coefficient (Wildman–Crippen LogP) is 3.16. The summed E-state index contributed by atoms with van der Waals surface area (Å²) in [6, 6.07) is 2.59. The number of carbonyl (C=O) groups is 1. The maximum atomic E-state index is 14.0. The third-order valence-electron chi connectivity index (χ3n) is 4.48. The lowest BCUT2D eigenvalue weighted by molar-refractivity contribution is -0.142. The zero-order chi connectivity index (χ0) is 14.4. The van der Waals surface area contributed by atoms with Crippen LogP contribution in [-0.2, 0) is 11.3 Å². The minimum atomic E-state index is -0.808. The van der Waals surface area contributed by atoms with Crippen LogP contribution in [0.5, 0.6) is 0 Å². The third kappa shape index (κ3) is 2.15. The van der Waals surface area contributed by atoms with Crippen molar-refractivity contribution in [2.75, 3.05) is 0 Å². The maximum absolute atomic E-state index is 14.0. The fourth-order valence-electron chi connectivity index (χ4n) is 3.51. The molecule has 1 N–H and O–H groups in total. The van der Waals surface area contributed by atoms with E-state index in [0.29, 0.717) is 6.42 Å². The molecule has 2 fully saturated rings. The highest BCUT2D eigenvalue weighted by atomic mass is 79.9. The Morgan fingerprint density at radius 2 is 2.15 bits per heavy atom. The third-order valence-corrected chi connectivity index (χ3v) is 5.09. The van der Waals surface area contributed by atoms with E-state index in [1.54, 1.807) is 0 Å². The smallest absolute Gasteiger partial charge is 0.308 e. The Labute approximate surface area is 123 Å². The number of hydrogen-bond donors (Lipinski definition) is 1. The number of halogens is 3. The predicted molar refractivity (Wildman–Crippen MR) is 72.2 cm³/mol. The first-order chi connectivity index (χ1) is 9.49. The van der Waals surface area contributed by atoms with Gasteiger partial charge in [-0.2, -0.15) is 0 Å². The highest BCUT2D eigenvalue weighted by Crippen LogP contribution is 2.43. The summed E-state index contributed by atoms with van der Waals surface area (Å²) in [6.45, 7) is 0.135. The number of aliphatic carboxylic acids is 1. The summed E-state index contributed by atoms with van der Waals surface area (Å²) in [7, 11) is 0. The van der Waals surface area contributed by atoms with Gasteiger partial charge in [0.25, 0.3) is 0 Å². The molecule has 0 spiro atoms. The average Bonchev–Trinajstić information content (AvgIpc) is 2.96. The van der Waals surface area contributed by atoms with Crippen LogP contribution in [0.15, 0.2) is 16.6 Å². The Hall–Kier alpha value is -1.01. The van der Waals surface area contributed by atoms with Crippen LogP contribution in [0.3, 0.4) is 0 Å². The second-order valence-electron chi connectivity index (χ2n) is 5.47. The molecular formula is C14H14BrF2NO2. The van der Waals surface area contributed by atoms with Gasteiger partial charge in [-0.3, -0.25) is 9.69 Å². The van der Waals surface area contributed by atoms with Crippen LogP contribution in [-0.4, -0.2) is 28.1 Å². The van der Waals surface area contributed by atoms with E-state index in [-0.39, 0.29) is 28.7 Å². The summed E-state index contributed by atoms with van der Waals surface area (Å²) in [5, 5.41) is 9.19. The van der Waals surface area contributed by atoms with Gasteiger partial charge in [-0.15, -0.1) is 0 Å². The standard InChI is InChI=1S/C14H14BrF2NO2/c15-10-2-3-11(16)9(13(10)17)6-18-7-1-4-12(18)8(5-7)14(19)20/h2-3,7-8,12H,1,4-6H2,(H,19,20). The van der Waals surface area contributed by atoms with Crippen molar-refractivity contribution >= 4 is 21.9 Å². The normalized spacial score (nSPS) is 29.1. The molecular weight excluding hydrogens is 332 g/mol. The van der Waals surface area contributed by atoms with Crippen molar-refractivity contribution in [1.82, 2.24) is 4.90 Å². The Kier molecular flexibility index (Phi) is 3.54. The van der Waals surface area contributed by atoms with Crippen molar-refractivity contribution in [1.29, 1.82) is 0 Å². The monoisotopic (exact) mass is 345 g/mol. The zero-order valence-corrected chi connectivity index (χ0v) is 12.2. The first kappa shape index (κ1) is 13.9. The first-order valence-corrected chi connectivity index (χ1v) is 7.39. The van der Waals surface area contributed by atoms with Crippen LogP contribution >= 0.6 is 15.9 Å². The molecule has 2 saturated heterocycles. The van der Waals surface area contributed by atoms with E-state index in [0.717, 1.165) is 12.8 Å². The van der Waals surface area contributed by atoms with Gasteiger partial charge in [0, 0.05) is 24.2 Å². The molecule has 20 heavy (non-hydrogen) atoms. The average molecular weight is 346 g/mol. The number of carboxylic acids is 1. The van der Waals surface area contributed by atoms with Gasteiger partial charge >= 0.3 is 5.97 Å². The quantitative estimate of drug-likeness (QED) is 0.855. The minimum absolute atomic E-state index is 0.0160. The van der Waals surface area contributed by atoms with E-state index in [9.17, 15) is 18.7 Å². The second kappa shape index (κ2) is 5.07. The molecule has 3 unspecified atom stereocenters. The lowest BCUT2D eigenvalue weighted by Gasteiger charge is -2.23. The topological polar surface area (TPSA) is 40.5 Å². The molecule has 2 aliphatic heterocycles. The molecule has 2 bridgehead atoms. The number of fused-ring (bicyclic) bond motifs is 2. The van der Waals surface area contributed by atoms with Crippen molar-refractivity contribution in [3.63, 3.8) is 0 Å². The number of carboxylic acid groups (broad SMARTS) is 1. The van der Waals surface area contributed by atoms with E-state index in [4.69, 9.17) is 0 Å². The molecule has 0 amide bonds. The lowest BCUT2D eigenvalue weighted by Crippen LogP contribution is -2.33. The number of rotatable bonds is 3. The molecule has 1 aromatic carbocycles. The Morgan fingerprint density at radius 1 is 1.40 bits per heavy atom. The summed E-state index contributed by atoms with van der Waals surface area (Å²) < 4.78 is 28.1. The molecule has 2 heterocycles.